The van der Waals surface area contributed by atoms with E-state index >= 15 is 0 Å². The third kappa shape index (κ3) is 9.51. The molecular weight excluding hydrogens is 783 g/mol. The molecule has 0 bridgehead atoms. The van der Waals surface area contributed by atoms with Crippen LogP contribution in [0.25, 0.3) is 0 Å². The van der Waals surface area contributed by atoms with Crippen molar-refractivity contribution in [3.8, 4) is 23.0 Å². The van der Waals surface area contributed by atoms with Gasteiger partial charge in [-0.1, -0.05) is 66.5 Å². The summed E-state index contributed by atoms with van der Waals surface area (Å²) < 4.78 is 36.9. The summed E-state index contributed by atoms with van der Waals surface area (Å²) in [5.74, 6) is -0.373. The van der Waals surface area contributed by atoms with Gasteiger partial charge < -0.3 is 48.8 Å². The number of carbonyl (C=O) groups excluding carboxylic acids is 2. The molecule has 6 atom stereocenters. The van der Waals surface area contributed by atoms with E-state index in [-0.39, 0.29) is 63.9 Å². The van der Waals surface area contributed by atoms with Crippen LogP contribution in [0.4, 0.5) is 9.59 Å². The number of aliphatic hydroxyl groups is 2. The maximum atomic E-state index is 14.3. The Labute approximate surface area is 357 Å². The van der Waals surface area contributed by atoms with E-state index in [1.807, 2.05) is 61.5 Å². The summed E-state index contributed by atoms with van der Waals surface area (Å²) in [7, 11) is 1.35. The van der Waals surface area contributed by atoms with Crippen molar-refractivity contribution < 1.29 is 53.1 Å². The van der Waals surface area contributed by atoms with Gasteiger partial charge in [-0.25, -0.2) is 9.59 Å². The molecule has 14 nitrogen and oxygen atoms in total. The Balaban J connectivity index is 1.44. The summed E-state index contributed by atoms with van der Waals surface area (Å²) in [4.78, 5) is 34.9. The molecule has 7 rings (SSSR count). The molecule has 4 aliphatic rings. The van der Waals surface area contributed by atoms with E-state index in [0.29, 0.717) is 48.1 Å². The first-order chi connectivity index (χ1) is 29.8. The smallest absolute Gasteiger partial charge is 0.412 e. The first-order valence-corrected chi connectivity index (χ1v) is 21.3. The summed E-state index contributed by atoms with van der Waals surface area (Å²) in [6, 6.07) is 19.9. The first-order valence-electron chi connectivity index (χ1n) is 21.3. The molecule has 2 heterocycles. The molecule has 3 aromatic carbocycles. The van der Waals surface area contributed by atoms with Gasteiger partial charge in [0.25, 0.3) is 0 Å². The minimum atomic E-state index is -1.52. The van der Waals surface area contributed by atoms with Gasteiger partial charge in [0.2, 0.25) is 12.6 Å². The number of hydrogen-bond donors (Lipinski definition) is 3. The molecule has 326 valence electrons. The van der Waals surface area contributed by atoms with Gasteiger partial charge >= 0.3 is 12.2 Å². The van der Waals surface area contributed by atoms with E-state index in [0.717, 1.165) is 47.9 Å². The highest BCUT2D eigenvalue weighted by molar-refractivity contribution is 6.03. The average Bonchev–Trinajstić information content (AvgIpc) is 3.75. The molecule has 3 aromatic rings. The zero-order chi connectivity index (χ0) is 42.8. The van der Waals surface area contributed by atoms with Crippen LogP contribution in [0.3, 0.4) is 0 Å². The van der Waals surface area contributed by atoms with Crippen molar-refractivity contribution in [1.82, 2.24) is 10.2 Å². The van der Waals surface area contributed by atoms with Crippen LogP contribution >= 0.6 is 0 Å². The summed E-state index contributed by atoms with van der Waals surface area (Å²) >= 11 is 0. The number of aliphatic hydroxyl groups excluding tert-OH is 2. The van der Waals surface area contributed by atoms with Crippen molar-refractivity contribution in [2.45, 2.75) is 82.8 Å². The van der Waals surface area contributed by atoms with Crippen molar-refractivity contribution in [1.29, 1.82) is 0 Å². The number of methoxy groups -OCH3 is 1. The summed E-state index contributed by atoms with van der Waals surface area (Å²) in [5.41, 5.74) is 4.04. The Kier molecular flexibility index (Phi) is 14.5. The molecule has 61 heavy (non-hydrogen) atoms. The monoisotopic (exact) mass is 839 g/mol. The fraction of sp³-hybridized carbons (Fsp3) is 0.468. The third-order valence-electron chi connectivity index (χ3n) is 12.0. The highest BCUT2D eigenvalue weighted by Gasteiger charge is 2.65. The lowest BCUT2D eigenvalue weighted by atomic mass is 9.55. The molecule has 1 fully saturated rings. The molecule has 2 aliphatic heterocycles. The van der Waals surface area contributed by atoms with E-state index < -0.39 is 29.9 Å². The van der Waals surface area contributed by atoms with E-state index in [2.05, 4.69) is 18.0 Å². The minimum Gasteiger partial charge on any atom is -0.459 e. The van der Waals surface area contributed by atoms with Crippen LogP contribution in [0.2, 0.25) is 0 Å². The Morgan fingerprint density at radius 3 is 2.49 bits per heavy atom. The Morgan fingerprint density at radius 2 is 1.74 bits per heavy atom. The predicted molar refractivity (Wildman–Crippen MR) is 226 cm³/mol. The number of fused-ring (bicyclic) bond motifs is 3. The fourth-order valence-corrected chi connectivity index (χ4v) is 9.41. The normalized spacial score (nSPS) is 23.8. The molecule has 2 aliphatic carbocycles. The summed E-state index contributed by atoms with van der Waals surface area (Å²) in [5, 5.41) is 27.4. The molecule has 3 N–H and O–H groups in total. The number of nitrogens with zero attached hydrogens (tertiary/aromatic N) is 2. The van der Waals surface area contributed by atoms with Crippen LogP contribution in [-0.4, -0.2) is 85.1 Å². The van der Waals surface area contributed by atoms with E-state index in [4.69, 9.17) is 38.4 Å². The summed E-state index contributed by atoms with van der Waals surface area (Å²) in [6.07, 6.45) is 7.25. The van der Waals surface area contributed by atoms with Gasteiger partial charge in [-0.05, 0) is 91.5 Å². The molecule has 0 saturated heterocycles. The van der Waals surface area contributed by atoms with Crippen LogP contribution in [0.15, 0.2) is 96.2 Å². The van der Waals surface area contributed by atoms with Gasteiger partial charge in [-0.3, -0.25) is 4.90 Å². The molecule has 2 amide bonds. The maximum Gasteiger partial charge on any atom is 0.412 e. The lowest BCUT2D eigenvalue weighted by Crippen LogP contribution is -2.70. The number of hydrogen-bond acceptors (Lipinski definition) is 12. The molecule has 6 unspecified atom stereocenters. The second kappa shape index (κ2) is 20.3. The zero-order valence-corrected chi connectivity index (χ0v) is 35.0. The van der Waals surface area contributed by atoms with Gasteiger partial charge in [-0.2, -0.15) is 0 Å². The van der Waals surface area contributed by atoms with E-state index in [1.54, 1.807) is 23.1 Å². The van der Waals surface area contributed by atoms with Crippen LogP contribution in [0, 0.1) is 17.8 Å². The third-order valence-corrected chi connectivity index (χ3v) is 12.0. The number of carbonyl (C=O) groups is 2. The number of benzene rings is 3. The summed E-state index contributed by atoms with van der Waals surface area (Å²) in [6.45, 7) is 6.87. The maximum absolute atomic E-state index is 14.3. The lowest BCUT2D eigenvalue weighted by molar-refractivity contribution is -0.256. The second-order valence-corrected chi connectivity index (χ2v) is 15.7. The standard InChI is InChI=1S/C47H57N3O11/c1-4-23-58-47-42(50(46(54)55-3)28-32-17-19-40-41(24-32)57-30-56-40)27-38(49-59-29-31-13-7-6-8-14-31)36-25-33(15-9-11-21-51)35(16-10-12-22-52)43(44(36)47)37-26-34(18-20-39(37)61-47)60-45(53)48-5-2/h4,6-8,13-14,17-20,24-26,33,35,42-44,51-52H,1,5,9-12,15-16,21-23,27-30H2,2-3H3,(H,48,53). The first kappa shape index (κ1) is 43.5. The van der Waals surface area contributed by atoms with E-state index in [9.17, 15) is 19.8 Å². The number of oxime groups is 1. The van der Waals surface area contributed by atoms with Gasteiger partial charge in [0, 0.05) is 44.2 Å². The quantitative estimate of drug-likeness (QED) is 0.0617. The van der Waals surface area contributed by atoms with Crippen molar-refractivity contribution in [3.05, 3.63) is 108 Å². The van der Waals surface area contributed by atoms with Gasteiger partial charge in [-0.15, -0.1) is 6.58 Å². The Hall–Kier alpha value is -5.57. The van der Waals surface area contributed by atoms with Crippen molar-refractivity contribution in [3.63, 3.8) is 0 Å². The number of allylic oxidation sites excluding steroid dienone is 1. The van der Waals surface area contributed by atoms with Gasteiger partial charge in [0.15, 0.2) is 11.5 Å². The molecule has 0 aromatic heterocycles. The van der Waals surface area contributed by atoms with Crippen molar-refractivity contribution in [2.24, 2.45) is 22.9 Å². The second-order valence-electron chi connectivity index (χ2n) is 15.7. The lowest BCUT2D eigenvalue weighted by Gasteiger charge is -2.59. The van der Waals surface area contributed by atoms with Gasteiger partial charge in [0.1, 0.15) is 24.1 Å². The number of rotatable bonds is 19. The zero-order valence-electron chi connectivity index (χ0n) is 35.0. The predicted octanol–water partition coefficient (Wildman–Crippen LogP) is 7.63. The number of unbranched alkanes of at least 4 members (excludes halogenated alkanes) is 2. The van der Waals surface area contributed by atoms with Crippen LogP contribution in [0.5, 0.6) is 23.0 Å². The molecule has 1 saturated carbocycles. The molecule has 0 radical (unpaired) electrons. The number of nitrogens with one attached hydrogen (secondary N) is 1. The number of amides is 2. The van der Waals surface area contributed by atoms with Crippen LogP contribution in [0.1, 0.15) is 74.5 Å². The van der Waals surface area contributed by atoms with Crippen molar-refractivity contribution >= 4 is 17.9 Å². The molecular formula is C47H57N3O11. The average molecular weight is 840 g/mol. The highest BCUT2D eigenvalue weighted by Crippen LogP contribution is 2.62. The van der Waals surface area contributed by atoms with E-state index in [1.165, 1.54) is 7.11 Å². The highest BCUT2D eigenvalue weighted by atomic mass is 16.7. The topological polar surface area (TPSA) is 167 Å². The SMILES string of the molecule is C=CCOC12Oc3ccc(OC(=O)NCC)cc3C3C(CCCCO)C(CCCCO)C=C(C(=NOCc4ccccc4)CC1N(Cc1ccc4c(c1)OCO4)C(=O)OC)C32. The minimum absolute atomic E-state index is 0.0127. The Bertz CT molecular complexity index is 2060. The molecule has 14 heteroatoms. The largest absolute Gasteiger partial charge is 0.459 e. The molecule has 0 spiro atoms. The van der Waals surface area contributed by atoms with Gasteiger partial charge in [0.05, 0.1) is 25.3 Å². The fourth-order valence-electron chi connectivity index (χ4n) is 9.41. The number of ether oxygens (including phenoxy) is 6. The Morgan fingerprint density at radius 1 is 0.967 bits per heavy atom. The van der Waals surface area contributed by atoms with Crippen LogP contribution < -0.4 is 24.3 Å². The van der Waals surface area contributed by atoms with Crippen LogP contribution in [-0.2, 0) is 27.5 Å². The van der Waals surface area contributed by atoms with Crippen molar-refractivity contribution in [2.75, 3.05) is 40.3 Å².